The van der Waals surface area contributed by atoms with E-state index in [1.807, 2.05) is 72.8 Å². The van der Waals surface area contributed by atoms with Crippen LogP contribution in [0.1, 0.15) is 69.9 Å². The maximum absolute atomic E-state index is 14.3. The number of hydrogen-bond acceptors (Lipinski definition) is 5. The van der Waals surface area contributed by atoms with Gasteiger partial charge in [0.1, 0.15) is 11.9 Å². The smallest absolute Gasteiger partial charge is 0.337 e. The normalized spacial score (nSPS) is 14.5. The van der Waals surface area contributed by atoms with E-state index in [1.54, 1.807) is 12.1 Å². The monoisotopic (exact) mass is 565 g/mol. The number of unbranched alkanes of at least 4 members (excludes halogenated alkanes) is 1. The Kier molecular flexibility index (Phi) is 8.81. The largest absolute Gasteiger partial charge is 0.480 e. The Balaban J connectivity index is 1.51. The van der Waals surface area contributed by atoms with Crippen LogP contribution in [0.4, 0.5) is 0 Å². The van der Waals surface area contributed by atoms with Crippen molar-refractivity contribution in [2.24, 2.45) is 0 Å². The van der Waals surface area contributed by atoms with Crippen LogP contribution in [0.2, 0.25) is 0 Å². The lowest BCUT2D eigenvalue weighted by atomic mass is 9.88. The first-order valence-electron chi connectivity index (χ1n) is 14.3. The molecule has 0 unspecified atom stereocenters. The molecule has 0 saturated carbocycles. The van der Waals surface area contributed by atoms with Crippen molar-refractivity contribution >= 4 is 17.8 Å². The van der Waals surface area contributed by atoms with E-state index in [1.165, 1.54) is 12.0 Å². The number of carbonyl (C=O) groups is 3. The van der Waals surface area contributed by atoms with Gasteiger partial charge in [0.15, 0.2) is 0 Å². The highest BCUT2D eigenvalue weighted by Gasteiger charge is 2.40. The van der Waals surface area contributed by atoms with E-state index >= 15 is 0 Å². The number of methoxy groups -OCH3 is 1. The number of carboxylic acid groups (broad SMARTS) is 1. The topological polar surface area (TPSA) is 102 Å². The predicted molar refractivity (Wildman–Crippen MR) is 158 cm³/mol. The van der Waals surface area contributed by atoms with Gasteiger partial charge in [0, 0.05) is 25.1 Å². The molecule has 3 aromatic carbocycles. The lowest BCUT2D eigenvalue weighted by Crippen LogP contribution is -2.50. The molecule has 4 aromatic rings. The number of carboxylic acids is 1. The van der Waals surface area contributed by atoms with Crippen molar-refractivity contribution in [1.29, 1.82) is 0 Å². The van der Waals surface area contributed by atoms with Gasteiger partial charge < -0.3 is 19.3 Å². The summed E-state index contributed by atoms with van der Waals surface area (Å²) >= 11 is 0. The maximum Gasteiger partial charge on any atom is 0.337 e. The number of benzene rings is 3. The lowest BCUT2D eigenvalue weighted by Gasteiger charge is -2.35. The minimum atomic E-state index is -1.04. The zero-order chi connectivity index (χ0) is 29.6. The fourth-order valence-electron chi connectivity index (χ4n) is 5.66. The molecule has 216 valence electrons. The number of hydrogen-bond donors (Lipinski definition) is 1. The van der Waals surface area contributed by atoms with Crippen molar-refractivity contribution in [3.8, 4) is 0 Å². The lowest BCUT2D eigenvalue weighted by molar-refractivity contribution is -0.151. The molecule has 8 heteroatoms. The van der Waals surface area contributed by atoms with Crippen LogP contribution < -0.4 is 0 Å². The second-order valence-corrected chi connectivity index (χ2v) is 10.6. The highest BCUT2D eigenvalue weighted by Crippen LogP contribution is 2.33. The molecule has 0 aliphatic carbocycles. The first kappa shape index (κ1) is 28.8. The van der Waals surface area contributed by atoms with E-state index < -0.39 is 23.9 Å². The standard InChI is InChI=1S/C34H35N3O5/c1-3-4-15-30-35-27-22-37(32(38)31(24-11-7-5-8-12-24)25-13-9-6-10-14-25)29(33(39)40)20-28(27)36(30)21-23-16-18-26(19-17-23)34(41)42-2/h5-14,16-19,29,31H,3-4,15,20-22H2,1-2H3,(H,39,40)/t29-/m0/s1. The first-order valence-corrected chi connectivity index (χ1v) is 14.3. The number of nitrogens with zero attached hydrogens (tertiary/aromatic N) is 3. The summed E-state index contributed by atoms with van der Waals surface area (Å²) in [6.07, 6.45) is 2.83. The van der Waals surface area contributed by atoms with Crippen LogP contribution in [-0.2, 0) is 40.3 Å². The summed E-state index contributed by atoms with van der Waals surface area (Å²) in [5, 5.41) is 10.4. The number of rotatable bonds is 10. The van der Waals surface area contributed by atoms with Crippen molar-refractivity contribution in [3.63, 3.8) is 0 Å². The SMILES string of the molecule is CCCCc1nc2c(n1Cc1ccc(C(=O)OC)cc1)C[C@@H](C(=O)O)N(C(=O)C(c1ccccc1)c1ccccc1)C2. The number of ether oxygens (including phenoxy) is 1. The van der Waals surface area contributed by atoms with Crippen LogP contribution in [0, 0.1) is 0 Å². The molecule has 42 heavy (non-hydrogen) atoms. The van der Waals surface area contributed by atoms with Gasteiger partial charge in [-0.05, 0) is 35.2 Å². The van der Waals surface area contributed by atoms with Crippen LogP contribution in [0.3, 0.4) is 0 Å². The molecular weight excluding hydrogens is 530 g/mol. The molecule has 0 radical (unpaired) electrons. The Labute approximate surface area is 245 Å². The van der Waals surface area contributed by atoms with E-state index in [0.717, 1.165) is 53.2 Å². The molecule has 1 N–H and O–H groups in total. The van der Waals surface area contributed by atoms with Crippen LogP contribution in [-0.4, -0.2) is 50.6 Å². The Morgan fingerprint density at radius 3 is 2.12 bits per heavy atom. The minimum Gasteiger partial charge on any atom is -0.480 e. The van der Waals surface area contributed by atoms with Crippen molar-refractivity contribution in [1.82, 2.24) is 14.5 Å². The molecule has 1 aliphatic heterocycles. The molecule has 8 nitrogen and oxygen atoms in total. The third-order valence-electron chi connectivity index (χ3n) is 7.87. The number of aromatic nitrogens is 2. The average Bonchev–Trinajstić information content (AvgIpc) is 3.36. The Hall–Kier alpha value is -4.72. The van der Waals surface area contributed by atoms with Crippen molar-refractivity contribution < 1.29 is 24.2 Å². The first-order chi connectivity index (χ1) is 20.4. The average molecular weight is 566 g/mol. The van der Waals surface area contributed by atoms with Gasteiger partial charge in [-0.1, -0.05) is 86.1 Å². The van der Waals surface area contributed by atoms with E-state index in [0.29, 0.717) is 12.1 Å². The summed E-state index contributed by atoms with van der Waals surface area (Å²) in [6, 6.07) is 25.2. The van der Waals surface area contributed by atoms with Crippen LogP contribution in [0.25, 0.3) is 0 Å². The highest BCUT2D eigenvalue weighted by atomic mass is 16.5. The highest BCUT2D eigenvalue weighted by molar-refractivity contribution is 5.91. The van der Waals surface area contributed by atoms with Crippen molar-refractivity contribution in [2.75, 3.05) is 7.11 Å². The van der Waals surface area contributed by atoms with Gasteiger partial charge in [0.2, 0.25) is 5.91 Å². The molecule has 0 bridgehead atoms. The number of aliphatic carboxylic acids is 1. The van der Waals surface area contributed by atoms with E-state index in [2.05, 4.69) is 11.5 Å². The van der Waals surface area contributed by atoms with E-state index in [9.17, 15) is 19.5 Å². The minimum absolute atomic E-state index is 0.120. The van der Waals surface area contributed by atoms with Gasteiger partial charge in [-0.15, -0.1) is 0 Å². The fraction of sp³-hybridized carbons (Fsp3) is 0.294. The molecule has 0 fully saturated rings. The molecule has 1 aliphatic rings. The summed E-state index contributed by atoms with van der Waals surface area (Å²) in [7, 11) is 1.35. The third kappa shape index (κ3) is 5.98. The second-order valence-electron chi connectivity index (χ2n) is 10.6. The third-order valence-corrected chi connectivity index (χ3v) is 7.87. The second kappa shape index (κ2) is 12.9. The number of esters is 1. The number of imidazole rings is 1. The number of carbonyl (C=O) groups excluding carboxylic acids is 2. The van der Waals surface area contributed by atoms with Gasteiger partial charge in [-0.2, -0.15) is 0 Å². The van der Waals surface area contributed by atoms with Crippen LogP contribution in [0.5, 0.6) is 0 Å². The molecule has 2 heterocycles. The maximum atomic E-state index is 14.3. The molecule has 1 atom stereocenters. The number of amides is 1. The van der Waals surface area contributed by atoms with Crippen molar-refractivity contribution in [3.05, 3.63) is 124 Å². The van der Waals surface area contributed by atoms with Crippen molar-refractivity contribution in [2.45, 2.75) is 57.7 Å². The molecule has 0 spiro atoms. The summed E-state index contributed by atoms with van der Waals surface area (Å²) in [5.74, 6) is -1.46. The zero-order valence-corrected chi connectivity index (χ0v) is 23.9. The molecule has 1 aromatic heterocycles. The van der Waals surface area contributed by atoms with E-state index in [4.69, 9.17) is 9.72 Å². The number of aryl methyl sites for hydroxylation is 1. The molecule has 0 saturated heterocycles. The van der Waals surface area contributed by atoms with Gasteiger partial charge in [-0.3, -0.25) is 4.79 Å². The van der Waals surface area contributed by atoms with Gasteiger partial charge in [0.05, 0.1) is 30.8 Å². The molecule has 5 rings (SSSR count). The number of fused-ring (bicyclic) bond motifs is 1. The van der Waals surface area contributed by atoms with Gasteiger partial charge in [-0.25, -0.2) is 14.6 Å². The summed E-state index contributed by atoms with van der Waals surface area (Å²) in [4.78, 5) is 45.3. The summed E-state index contributed by atoms with van der Waals surface area (Å²) < 4.78 is 6.91. The summed E-state index contributed by atoms with van der Waals surface area (Å²) in [6.45, 7) is 2.72. The van der Waals surface area contributed by atoms with Gasteiger partial charge in [0.25, 0.3) is 0 Å². The van der Waals surface area contributed by atoms with Gasteiger partial charge >= 0.3 is 11.9 Å². The quantitative estimate of drug-likeness (QED) is 0.264. The Bertz CT molecular complexity index is 1510. The zero-order valence-electron chi connectivity index (χ0n) is 23.9. The molecular formula is C34H35N3O5. The molecule has 1 amide bonds. The Morgan fingerprint density at radius 1 is 0.952 bits per heavy atom. The van der Waals surface area contributed by atoms with E-state index in [-0.39, 0.29) is 18.9 Å². The Morgan fingerprint density at radius 2 is 1.57 bits per heavy atom. The fourth-order valence-corrected chi connectivity index (χ4v) is 5.66. The predicted octanol–water partition coefficient (Wildman–Crippen LogP) is 5.23. The van der Waals surface area contributed by atoms with Crippen LogP contribution >= 0.6 is 0 Å². The van der Waals surface area contributed by atoms with Crippen LogP contribution in [0.15, 0.2) is 84.9 Å². The summed E-state index contributed by atoms with van der Waals surface area (Å²) in [5.41, 5.74) is 4.62.